The van der Waals surface area contributed by atoms with E-state index >= 15 is 0 Å². The second-order valence-corrected chi connectivity index (χ2v) is 3.49. The Kier molecular flexibility index (Phi) is 1.87. The van der Waals surface area contributed by atoms with Crippen LogP contribution in [0.3, 0.4) is 0 Å². The predicted octanol–water partition coefficient (Wildman–Crippen LogP) is 0.0206. The molecule has 1 aromatic heterocycles. The maximum Gasteiger partial charge on any atom is 0.421 e. The van der Waals surface area contributed by atoms with E-state index in [-0.39, 0.29) is 5.89 Å². The molecule has 1 rings (SSSR count). The van der Waals surface area contributed by atoms with Gasteiger partial charge in [-0.1, -0.05) is 20.8 Å². The summed E-state index contributed by atoms with van der Waals surface area (Å²) in [6, 6.07) is 0. The quantitative estimate of drug-likeness (QED) is 0.595. The maximum absolute atomic E-state index is 10.7. The molecule has 0 atom stereocenters. The van der Waals surface area contributed by atoms with E-state index in [1.807, 2.05) is 4.98 Å². The van der Waals surface area contributed by atoms with Crippen molar-refractivity contribution in [1.29, 1.82) is 0 Å². The number of rotatable bonds is 0. The van der Waals surface area contributed by atoms with E-state index in [9.17, 15) is 9.59 Å². The third kappa shape index (κ3) is 1.81. The van der Waals surface area contributed by atoms with Gasteiger partial charge in [0.15, 0.2) is 0 Å². The Bertz CT molecular complexity index is 354. The number of nitrogens with zero attached hydrogens (tertiary/aromatic N) is 1. The molecule has 5 nitrogen and oxygen atoms in total. The molecule has 0 aliphatic rings. The lowest BCUT2D eigenvalue weighted by Crippen LogP contribution is -2.27. The zero-order valence-electron chi connectivity index (χ0n) is 7.17. The number of aromatic amines is 1. The van der Waals surface area contributed by atoms with Gasteiger partial charge in [-0.25, -0.2) is 14.6 Å². The first kappa shape index (κ1) is 8.70. The predicted molar refractivity (Wildman–Crippen MR) is 42.1 cm³/mol. The van der Waals surface area contributed by atoms with Gasteiger partial charge >= 0.3 is 11.4 Å². The summed E-state index contributed by atoms with van der Waals surface area (Å²) in [6.45, 7) is 5.41. The topological polar surface area (TPSA) is 76.0 Å². The van der Waals surface area contributed by atoms with Gasteiger partial charge < -0.3 is 4.42 Å². The fourth-order valence-corrected chi connectivity index (χ4v) is 0.664. The lowest BCUT2D eigenvalue weighted by Gasteiger charge is -2.13. The molecule has 12 heavy (non-hydrogen) atoms. The highest BCUT2D eigenvalue weighted by atomic mass is 16.4. The molecule has 66 valence electrons. The molecule has 0 spiro atoms. The standard InChI is InChI=1S/C7H10N2O3/c1-7(2,3)4-8-5(10)9-6(11)12-4/h1-3H3,(H,9,10,11). The summed E-state index contributed by atoms with van der Waals surface area (Å²) in [4.78, 5) is 26.8. The Hall–Kier alpha value is -1.39. The normalized spacial score (nSPS) is 11.6. The van der Waals surface area contributed by atoms with Crippen LogP contribution in [0.2, 0.25) is 0 Å². The molecule has 0 unspecified atom stereocenters. The van der Waals surface area contributed by atoms with Crippen LogP contribution in [0.1, 0.15) is 26.7 Å². The van der Waals surface area contributed by atoms with Crippen LogP contribution < -0.4 is 11.4 Å². The van der Waals surface area contributed by atoms with E-state index in [4.69, 9.17) is 4.42 Å². The van der Waals surface area contributed by atoms with Gasteiger partial charge in [0.05, 0.1) is 0 Å². The lowest BCUT2D eigenvalue weighted by atomic mass is 9.97. The first-order valence-electron chi connectivity index (χ1n) is 3.51. The fourth-order valence-electron chi connectivity index (χ4n) is 0.664. The number of nitrogens with one attached hydrogen (secondary N) is 1. The van der Waals surface area contributed by atoms with Crippen molar-refractivity contribution < 1.29 is 4.42 Å². The summed E-state index contributed by atoms with van der Waals surface area (Å²) < 4.78 is 4.70. The van der Waals surface area contributed by atoms with Crippen molar-refractivity contribution in [3.63, 3.8) is 0 Å². The molecule has 1 heterocycles. The smallest absolute Gasteiger partial charge is 0.394 e. The number of aromatic nitrogens is 2. The van der Waals surface area contributed by atoms with Gasteiger partial charge in [0, 0.05) is 5.41 Å². The van der Waals surface area contributed by atoms with Crippen molar-refractivity contribution in [3.8, 4) is 0 Å². The summed E-state index contributed by atoms with van der Waals surface area (Å²) in [6.07, 6.45) is 0. The van der Waals surface area contributed by atoms with Crippen molar-refractivity contribution in [2.24, 2.45) is 0 Å². The molecule has 0 aliphatic heterocycles. The Morgan fingerprint density at radius 1 is 1.33 bits per heavy atom. The monoisotopic (exact) mass is 170 g/mol. The van der Waals surface area contributed by atoms with Crippen LogP contribution in [-0.2, 0) is 5.41 Å². The number of hydrogen-bond donors (Lipinski definition) is 1. The average Bonchev–Trinajstić information content (AvgIpc) is 1.82. The highest BCUT2D eigenvalue weighted by Crippen LogP contribution is 2.16. The van der Waals surface area contributed by atoms with E-state index in [1.54, 1.807) is 20.8 Å². The first-order chi connectivity index (χ1) is 5.39. The van der Waals surface area contributed by atoms with E-state index in [1.165, 1.54) is 0 Å². The van der Waals surface area contributed by atoms with Crippen molar-refractivity contribution in [2.75, 3.05) is 0 Å². The highest BCUT2D eigenvalue weighted by Gasteiger charge is 2.19. The minimum atomic E-state index is -0.764. The molecule has 0 bridgehead atoms. The van der Waals surface area contributed by atoms with Gasteiger partial charge in [0.25, 0.3) is 0 Å². The van der Waals surface area contributed by atoms with Gasteiger partial charge in [-0.3, -0.25) is 0 Å². The number of H-pyrrole nitrogens is 1. The molecule has 0 amide bonds. The van der Waals surface area contributed by atoms with Gasteiger partial charge in [-0.05, 0) is 0 Å². The summed E-state index contributed by atoms with van der Waals surface area (Å²) in [5, 5.41) is 0. The minimum Gasteiger partial charge on any atom is -0.394 e. The van der Waals surface area contributed by atoms with Crippen LogP contribution in [-0.4, -0.2) is 9.97 Å². The van der Waals surface area contributed by atoms with E-state index in [2.05, 4.69) is 4.98 Å². The molecule has 5 heteroatoms. The number of hydrogen-bond acceptors (Lipinski definition) is 4. The van der Waals surface area contributed by atoms with Crippen LogP contribution in [0.4, 0.5) is 0 Å². The summed E-state index contributed by atoms with van der Waals surface area (Å²) in [7, 11) is 0. The van der Waals surface area contributed by atoms with Crippen LogP contribution >= 0.6 is 0 Å². The SMILES string of the molecule is CC(C)(C)c1nc(=O)[nH]c(=O)o1. The Balaban J connectivity index is 3.37. The molecular formula is C7H10N2O3. The Morgan fingerprint density at radius 3 is 2.33 bits per heavy atom. The van der Waals surface area contributed by atoms with Crippen LogP contribution in [0.5, 0.6) is 0 Å². The van der Waals surface area contributed by atoms with Crippen LogP contribution in [0, 0.1) is 0 Å². The molecule has 0 fully saturated rings. The van der Waals surface area contributed by atoms with Crippen molar-refractivity contribution in [2.45, 2.75) is 26.2 Å². The minimum absolute atomic E-state index is 0.149. The van der Waals surface area contributed by atoms with Gasteiger partial charge in [-0.15, -0.1) is 0 Å². The van der Waals surface area contributed by atoms with Gasteiger partial charge in [-0.2, -0.15) is 4.98 Å². The van der Waals surface area contributed by atoms with Crippen molar-refractivity contribution >= 4 is 0 Å². The highest BCUT2D eigenvalue weighted by molar-refractivity contribution is 4.93. The molecule has 0 aromatic carbocycles. The molecule has 0 radical (unpaired) electrons. The third-order valence-corrected chi connectivity index (χ3v) is 1.24. The summed E-state index contributed by atoms with van der Waals surface area (Å²) >= 11 is 0. The van der Waals surface area contributed by atoms with E-state index in [0.717, 1.165) is 0 Å². The lowest BCUT2D eigenvalue weighted by molar-refractivity contribution is 0.333. The first-order valence-corrected chi connectivity index (χ1v) is 3.51. The van der Waals surface area contributed by atoms with Gasteiger partial charge in [0.2, 0.25) is 5.89 Å². The molecule has 0 aliphatic carbocycles. The molecule has 1 aromatic rings. The van der Waals surface area contributed by atoms with Crippen molar-refractivity contribution in [1.82, 2.24) is 9.97 Å². The van der Waals surface area contributed by atoms with Crippen molar-refractivity contribution in [3.05, 3.63) is 26.9 Å². The molecule has 0 saturated heterocycles. The molecule has 0 saturated carbocycles. The average molecular weight is 170 g/mol. The van der Waals surface area contributed by atoms with E-state index < -0.39 is 16.9 Å². The molecule has 1 N–H and O–H groups in total. The second-order valence-electron chi connectivity index (χ2n) is 3.49. The summed E-state index contributed by atoms with van der Waals surface area (Å²) in [5.41, 5.74) is -1.09. The largest absolute Gasteiger partial charge is 0.421 e. The maximum atomic E-state index is 10.7. The zero-order valence-corrected chi connectivity index (χ0v) is 7.17. The second kappa shape index (κ2) is 2.58. The van der Waals surface area contributed by atoms with E-state index in [0.29, 0.717) is 0 Å². The van der Waals surface area contributed by atoms with Crippen LogP contribution in [0.15, 0.2) is 14.0 Å². The fraction of sp³-hybridized carbons (Fsp3) is 0.571. The Labute approximate surface area is 68.5 Å². The summed E-state index contributed by atoms with van der Waals surface area (Å²) in [5.74, 6) is -0.615. The van der Waals surface area contributed by atoms with Gasteiger partial charge in [0.1, 0.15) is 0 Å². The van der Waals surface area contributed by atoms with Crippen LogP contribution in [0.25, 0.3) is 0 Å². The zero-order chi connectivity index (χ0) is 9.35. The Morgan fingerprint density at radius 2 is 1.92 bits per heavy atom. The molecular weight excluding hydrogens is 160 g/mol. The third-order valence-electron chi connectivity index (χ3n) is 1.24.